The highest BCUT2D eigenvalue weighted by Crippen LogP contribution is 2.19. The van der Waals surface area contributed by atoms with Crippen LogP contribution in [0.15, 0.2) is 23.1 Å². The van der Waals surface area contributed by atoms with Crippen molar-refractivity contribution in [2.75, 3.05) is 26.3 Å². The fourth-order valence-electron chi connectivity index (χ4n) is 1.69. The van der Waals surface area contributed by atoms with Crippen molar-refractivity contribution >= 4 is 21.6 Å². The average molecular weight is 309 g/mol. The summed E-state index contributed by atoms with van der Waals surface area (Å²) < 4.78 is 44.6. The van der Waals surface area contributed by atoms with Crippen molar-refractivity contribution in [1.29, 1.82) is 0 Å². The van der Waals surface area contributed by atoms with Crippen molar-refractivity contribution < 1.29 is 17.5 Å². The Hall–Kier alpha value is -0.730. The average Bonchev–Trinajstić information content (AvgIpc) is 2.41. The molecule has 1 atom stereocenters. The summed E-state index contributed by atoms with van der Waals surface area (Å²) in [4.78, 5) is -0.0596. The van der Waals surface area contributed by atoms with Gasteiger partial charge in [0, 0.05) is 19.1 Å². The van der Waals surface area contributed by atoms with E-state index in [0.717, 1.165) is 12.1 Å². The smallest absolute Gasteiger partial charge is 0.240 e. The van der Waals surface area contributed by atoms with Gasteiger partial charge in [0.25, 0.3) is 0 Å². The summed E-state index contributed by atoms with van der Waals surface area (Å²) in [5.74, 6) is -0.650. The molecule has 19 heavy (non-hydrogen) atoms. The highest BCUT2D eigenvalue weighted by atomic mass is 35.5. The third-order valence-corrected chi connectivity index (χ3v) is 4.43. The van der Waals surface area contributed by atoms with E-state index in [2.05, 4.69) is 10.0 Å². The molecule has 1 saturated heterocycles. The normalized spacial score (nSPS) is 20.4. The first-order chi connectivity index (χ1) is 8.99. The van der Waals surface area contributed by atoms with Gasteiger partial charge in [-0.15, -0.1) is 0 Å². The lowest BCUT2D eigenvalue weighted by molar-refractivity contribution is 0.0784. The van der Waals surface area contributed by atoms with Gasteiger partial charge in [-0.2, -0.15) is 0 Å². The number of rotatable bonds is 4. The summed E-state index contributed by atoms with van der Waals surface area (Å²) in [5, 5.41) is 2.91. The number of hydrogen-bond donors (Lipinski definition) is 2. The van der Waals surface area contributed by atoms with E-state index in [9.17, 15) is 12.8 Å². The van der Waals surface area contributed by atoms with Gasteiger partial charge >= 0.3 is 0 Å². The van der Waals surface area contributed by atoms with Crippen LogP contribution in [-0.4, -0.2) is 40.8 Å². The summed E-state index contributed by atoms with van der Waals surface area (Å²) in [6.07, 6.45) is 0. The number of nitrogens with one attached hydrogen (secondary N) is 2. The molecule has 1 aromatic carbocycles. The van der Waals surface area contributed by atoms with Gasteiger partial charge in [0.1, 0.15) is 5.82 Å². The Morgan fingerprint density at radius 3 is 2.95 bits per heavy atom. The van der Waals surface area contributed by atoms with Gasteiger partial charge in [-0.25, -0.2) is 17.5 Å². The third-order valence-electron chi connectivity index (χ3n) is 2.72. The van der Waals surface area contributed by atoms with Gasteiger partial charge < -0.3 is 10.1 Å². The molecular formula is C11H14ClFN2O3S. The molecule has 1 aromatic rings. The molecule has 2 rings (SSSR count). The zero-order chi connectivity index (χ0) is 13.9. The van der Waals surface area contributed by atoms with Gasteiger partial charge in [0.15, 0.2) is 0 Å². The summed E-state index contributed by atoms with van der Waals surface area (Å²) in [7, 11) is -3.70. The molecule has 1 fully saturated rings. The number of halogens is 2. The second-order valence-electron chi connectivity index (χ2n) is 4.15. The summed E-state index contributed by atoms with van der Waals surface area (Å²) in [5.41, 5.74) is 0. The lowest BCUT2D eigenvalue weighted by Crippen LogP contribution is -2.48. The lowest BCUT2D eigenvalue weighted by atomic mass is 10.3. The Kier molecular flexibility index (Phi) is 4.75. The molecule has 0 spiro atoms. The van der Waals surface area contributed by atoms with Crippen molar-refractivity contribution in [2.24, 2.45) is 0 Å². The molecule has 0 aromatic heterocycles. The summed E-state index contributed by atoms with van der Waals surface area (Å²) in [6, 6.07) is 3.22. The van der Waals surface area contributed by atoms with Crippen LogP contribution in [0, 0.1) is 5.82 Å². The molecule has 0 saturated carbocycles. The fraction of sp³-hybridized carbons (Fsp3) is 0.455. The molecule has 2 N–H and O–H groups in total. The van der Waals surface area contributed by atoms with Crippen LogP contribution >= 0.6 is 11.6 Å². The van der Waals surface area contributed by atoms with Gasteiger partial charge in [-0.1, -0.05) is 11.6 Å². The maximum absolute atomic E-state index is 13.0. The van der Waals surface area contributed by atoms with Crippen molar-refractivity contribution in [1.82, 2.24) is 10.0 Å². The largest absolute Gasteiger partial charge is 0.378 e. The van der Waals surface area contributed by atoms with E-state index in [-0.39, 0.29) is 22.5 Å². The first-order valence-electron chi connectivity index (χ1n) is 5.75. The summed E-state index contributed by atoms with van der Waals surface area (Å²) >= 11 is 5.57. The second-order valence-corrected chi connectivity index (χ2v) is 6.33. The SMILES string of the molecule is O=S(=O)(NCC1COCCN1)c1ccc(F)c(Cl)c1. The number of hydrogen-bond acceptors (Lipinski definition) is 4. The molecule has 106 valence electrons. The number of benzene rings is 1. The molecular weight excluding hydrogens is 295 g/mol. The first-order valence-corrected chi connectivity index (χ1v) is 7.61. The molecule has 0 amide bonds. The van der Waals surface area contributed by atoms with Crippen LogP contribution in [0.1, 0.15) is 0 Å². The number of ether oxygens (including phenoxy) is 1. The Bertz CT molecular complexity index is 547. The van der Waals surface area contributed by atoms with Gasteiger partial charge in [-0.3, -0.25) is 0 Å². The van der Waals surface area contributed by atoms with Gasteiger partial charge in [0.2, 0.25) is 10.0 Å². The maximum atomic E-state index is 13.0. The molecule has 0 aliphatic carbocycles. The zero-order valence-electron chi connectivity index (χ0n) is 10.0. The van der Waals surface area contributed by atoms with Gasteiger partial charge in [0.05, 0.1) is 23.1 Å². The van der Waals surface area contributed by atoms with Crippen molar-refractivity contribution in [3.8, 4) is 0 Å². The minimum absolute atomic E-state index is 0.0596. The van der Waals surface area contributed by atoms with E-state index in [0.29, 0.717) is 19.8 Å². The van der Waals surface area contributed by atoms with E-state index >= 15 is 0 Å². The highest BCUT2D eigenvalue weighted by molar-refractivity contribution is 7.89. The Morgan fingerprint density at radius 1 is 1.53 bits per heavy atom. The van der Waals surface area contributed by atoms with Crippen molar-refractivity contribution in [2.45, 2.75) is 10.9 Å². The molecule has 5 nitrogen and oxygen atoms in total. The maximum Gasteiger partial charge on any atom is 0.240 e. The fourth-order valence-corrected chi connectivity index (χ4v) is 3.04. The number of morpholine rings is 1. The van der Waals surface area contributed by atoms with Crippen LogP contribution < -0.4 is 10.0 Å². The highest BCUT2D eigenvalue weighted by Gasteiger charge is 2.19. The topological polar surface area (TPSA) is 67.4 Å². The molecule has 0 bridgehead atoms. The van der Waals surface area contributed by atoms with E-state index in [1.165, 1.54) is 6.07 Å². The quantitative estimate of drug-likeness (QED) is 0.861. The van der Waals surface area contributed by atoms with Crippen LogP contribution in [0.3, 0.4) is 0 Å². The Balaban J connectivity index is 2.02. The van der Waals surface area contributed by atoms with E-state index < -0.39 is 15.8 Å². The second kappa shape index (κ2) is 6.15. The first kappa shape index (κ1) is 14.7. The number of sulfonamides is 1. The standard InChI is InChI=1S/C11H14ClFN2O3S/c12-10-5-9(1-2-11(10)13)19(16,17)15-6-8-7-18-4-3-14-8/h1-2,5,8,14-15H,3-4,6-7H2. The van der Waals surface area contributed by atoms with Crippen LogP contribution in [0.2, 0.25) is 5.02 Å². The van der Waals surface area contributed by atoms with Crippen LogP contribution in [0.4, 0.5) is 4.39 Å². The van der Waals surface area contributed by atoms with E-state index in [4.69, 9.17) is 16.3 Å². The van der Waals surface area contributed by atoms with Gasteiger partial charge in [-0.05, 0) is 18.2 Å². The molecule has 1 aliphatic rings. The molecule has 1 aliphatic heterocycles. The Morgan fingerprint density at radius 2 is 2.32 bits per heavy atom. The molecule has 8 heteroatoms. The molecule has 1 heterocycles. The monoisotopic (exact) mass is 308 g/mol. The Labute approximate surface area is 116 Å². The zero-order valence-corrected chi connectivity index (χ0v) is 11.6. The minimum Gasteiger partial charge on any atom is -0.378 e. The van der Waals surface area contributed by atoms with Crippen LogP contribution in [-0.2, 0) is 14.8 Å². The van der Waals surface area contributed by atoms with E-state index in [1.807, 2.05) is 0 Å². The predicted molar refractivity (Wildman–Crippen MR) is 69.2 cm³/mol. The lowest BCUT2D eigenvalue weighted by Gasteiger charge is -2.23. The minimum atomic E-state index is -3.70. The molecule has 1 unspecified atom stereocenters. The van der Waals surface area contributed by atoms with Crippen molar-refractivity contribution in [3.63, 3.8) is 0 Å². The predicted octanol–water partition coefficient (Wildman–Crippen LogP) is 0.746. The van der Waals surface area contributed by atoms with E-state index in [1.54, 1.807) is 0 Å². The third kappa shape index (κ3) is 3.87. The van der Waals surface area contributed by atoms with Crippen LogP contribution in [0.5, 0.6) is 0 Å². The van der Waals surface area contributed by atoms with Crippen molar-refractivity contribution in [3.05, 3.63) is 29.0 Å². The summed E-state index contributed by atoms with van der Waals surface area (Å²) in [6.45, 7) is 1.97. The molecule has 0 radical (unpaired) electrons. The van der Waals surface area contributed by atoms with Crippen LogP contribution in [0.25, 0.3) is 0 Å².